The standard InChI is InChI=1S/C26H21ClF3N3O3/c1-35-22-12-7-16(13-23(22)36-2)15-31-25(34)18-10-8-17(9-11-18)21-14-24(26(28,29)30)32-33(21)20-6-4-3-5-19(20)27/h3-14H,15H2,1-2H3,(H,31,34). The van der Waals surface area contributed by atoms with Gasteiger partial charge in [-0.3, -0.25) is 4.79 Å². The average Bonchev–Trinajstić information content (AvgIpc) is 3.33. The summed E-state index contributed by atoms with van der Waals surface area (Å²) < 4.78 is 51.9. The van der Waals surface area contributed by atoms with Crippen molar-refractivity contribution in [1.29, 1.82) is 0 Å². The number of carbonyl (C=O) groups is 1. The summed E-state index contributed by atoms with van der Waals surface area (Å²) in [5, 5.41) is 6.81. The van der Waals surface area contributed by atoms with Crippen LogP contribution in [-0.4, -0.2) is 29.9 Å². The number of benzene rings is 3. The molecule has 4 aromatic rings. The first-order valence-electron chi connectivity index (χ1n) is 10.7. The minimum absolute atomic E-state index is 0.188. The summed E-state index contributed by atoms with van der Waals surface area (Å²) >= 11 is 6.22. The molecule has 0 saturated heterocycles. The molecule has 1 heterocycles. The van der Waals surface area contributed by atoms with Crippen LogP contribution in [-0.2, 0) is 12.7 Å². The van der Waals surface area contributed by atoms with E-state index in [1.165, 1.54) is 26.4 Å². The van der Waals surface area contributed by atoms with Gasteiger partial charge in [-0.05, 0) is 48.0 Å². The molecule has 36 heavy (non-hydrogen) atoms. The number of alkyl halides is 3. The van der Waals surface area contributed by atoms with Crippen molar-refractivity contribution in [2.45, 2.75) is 12.7 Å². The van der Waals surface area contributed by atoms with Crippen LogP contribution < -0.4 is 14.8 Å². The fourth-order valence-electron chi connectivity index (χ4n) is 3.60. The summed E-state index contributed by atoms with van der Waals surface area (Å²) in [5.74, 6) is 0.779. The molecule has 0 aliphatic rings. The van der Waals surface area contributed by atoms with Gasteiger partial charge in [-0.25, -0.2) is 4.68 Å². The second-order valence-electron chi connectivity index (χ2n) is 7.73. The Morgan fingerprint density at radius 2 is 1.67 bits per heavy atom. The summed E-state index contributed by atoms with van der Waals surface area (Å²) in [4.78, 5) is 12.7. The van der Waals surface area contributed by atoms with Crippen molar-refractivity contribution in [3.63, 3.8) is 0 Å². The van der Waals surface area contributed by atoms with E-state index in [1.807, 2.05) is 0 Å². The Kier molecular flexibility index (Phi) is 7.21. The van der Waals surface area contributed by atoms with E-state index in [2.05, 4.69) is 10.4 Å². The zero-order valence-electron chi connectivity index (χ0n) is 19.3. The van der Waals surface area contributed by atoms with E-state index in [9.17, 15) is 18.0 Å². The van der Waals surface area contributed by atoms with E-state index in [0.29, 0.717) is 28.3 Å². The first-order valence-corrected chi connectivity index (χ1v) is 11.1. The maximum atomic E-state index is 13.4. The average molecular weight is 516 g/mol. The Morgan fingerprint density at radius 3 is 2.31 bits per heavy atom. The van der Waals surface area contributed by atoms with E-state index in [0.717, 1.165) is 16.3 Å². The highest BCUT2D eigenvalue weighted by Gasteiger charge is 2.35. The molecular weight excluding hydrogens is 495 g/mol. The van der Waals surface area contributed by atoms with Crippen LogP contribution in [0.2, 0.25) is 5.02 Å². The fourth-order valence-corrected chi connectivity index (χ4v) is 3.82. The van der Waals surface area contributed by atoms with Crippen molar-refractivity contribution in [3.05, 3.63) is 94.6 Å². The highest BCUT2D eigenvalue weighted by Crippen LogP contribution is 2.34. The molecule has 0 spiro atoms. The summed E-state index contributed by atoms with van der Waals surface area (Å²) in [6, 6.07) is 19.0. The quantitative estimate of drug-likeness (QED) is 0.320. The zero-order valence-corrected chi connectivity index (χ0v) is 20.0. The lowest BCUT2D eigenvalue weighted by molar-refractivity contribution is -0.141. The summed E-state index contributed by atoms with van der Waals surface area (Å²) in [6.07, 6.45) is -4.63. The Labute approximate surface area is 210 Å². The number of halogens is 4. The lowest BCUT2D eigenvalue weighted by Crippen LogP contribution is -2.22. The molecule has 10 heteroatoms. The van der Waals surface area contributed by atoms with Crippen LogP contribution in [0, 0.1) is 0 Å². The first kappa shape index (κ1) is 25.1. The van der Waals surface area contributed by atoms with Crippen molar-refractivity contribution < 1.29 is 27.4 Å². The Hall–Kier alpha value is -3.98. The van der Waals surface area contributed by atoms with E-state index in [4.69, 9.17) is 21.1 Å². The molecule has 0 aliphatic heterocycles. The highest BCUT2D eigenvalue weighted by molar-refractivity contribution is 6.32. The van der Waals surface area contributed by atoms with Crippen LogP contribution >= 0.6 is 11.6 Å². The second kappa shape index (κ2) is 10.3. The van der Waals surface area contributed by atoms with Crippen LogP contribution in [0.1, 0.15) is 21.6 Å². The number of nitrogens with one attached hydrogen (secondary N) is 1. The zero-order chi connectivity index (χ0) is 25.9. The van der Waals surface area contributed by atoms with Gasteiger partial charge in [0.25, 0.3) is 5.91 Å². The van der Waals surface area contributed by atoms with Gasteiger partial charge in [0, 0.05) is 17.7 Å². The molecule has 0 bridgehead atoms. The first-order chi connectivity index (χ1) is 17.2. The molecule has 0 radical (unpaired) electrons. The number of hydrogen-bond acceptors (Lipinski definition) is 4. The lowest BCUT2D eigenvalue weighted by atomic mass is 10.1. The third-order valence-electron chi connectivity index (χ3n) is 5.42. The summed E-state index contributed by atoms with van der Waals surface area (Å²) in [5.41, 5.74) is 1.04. The number of nitrogens with zero attached hydrogens (tertiary/aromatic N) is 2. The molecule has 1 amide bonds. The largest absolute Gasteiger partial charge is 0.493 e. The number of rotatable bonds is 7. The predicted molar refractivity (Wildman–Crippen MR) is 130 cm³/mol. The molecule has 4 rings (SSSR count). The smallest absolute Gasteiger partial charge is 0.435 e. The van der Waals surface area contributed by atoms with Gasteiger partial charge in [0.1, 0.15) is 0 Å². The molecule has 0 aliphatic carbocycles. The number of amides is 1. The summed E-state index contributed by atoms with van der Waals surface area (Å²) in [7, 11) is 3.06. The number of para-hydroxylation sites is 1. The topological polar surface area (TPSA) is 65.4 Å². The maximum Gasteiger partial charge on any atom is 0.435 e. The molecule has 1 aromatic heterocycles. The van der Waals surface area contributed by atoms with E-state index in [1.54, 1.807) is 54.6 Å². The van der Waals surface area contributed by atoms with Gasteiger partial charge in [-0.15, -0.1) is 0 Å². The minimum Gasteiger partial charge on any atom is -0.493 e. The van der Waals surface area contributed by atoms with Crippen molar-refractivity contribution >= 4 is 17.5 Å². The summed E-state index contributed by atoms with van der Waals surface area (Å²) in [6.45, 7) is 0.245. The van der Waals surface area contributed by atoms with Crippen LogP contribution in [0.5, 0.6) is 11.5 Å². The van der Waals surface area contributed by atoms with E-state index < -0.39 is 11.9 Å². The normalized spacial score (nSPS) is 11.3. The van der Waals surface area contributed by atoms with Crippen molar-refractivity contribution in [1.82, 2.24) is 15.1 Å². The maximum absolute atomic E-state index is 13.4. The fraction of sp³-hybridized carbons (Fsp3) is 0.154. The molecule has 0 saturated carbocycles. The van der Waals surface area contributed by atoms with E-state index >= 15 is 0 Å². The van der Waals surface area contributed by atoms with Gasteiger partial charge in [-0.1, -0.05) is 41.9 Å². The highest BCUT2D eigenvalue weighted by atomic mass is 35.5. The van der Waals surface area contributed by atoms with Crippen molar-refractivity contribution in [3.8, 4) is 28.4 Å². The minimum atomic E-state index is -4.63. The van der Waals surface area contributed by atoms with Gasteiger partial charge < -0.3 is 14.8 Å². The van der Waals surface area contributed by atoms with Crippen molar-refractivity contribution in [2.75, 3.05) is 14.2 Å². The molecular formula is C26H21ClF3N3O3. The Bertz CT molecular complexity index is 1390. The monoisotopic (exact) mass is 515 g/mol. The SMILES string of the molecule is COc1ccc(CNC(=O)c2ccc(-c3cc(C(F)(F)F)nn3-c3ccccc3Cl)cc2)cc1OC. The Morgan fingerprint density at radius 1 is 0.972 bits per heavy atom. The third kappa shape index (κ3) is 5.31. The predicted octanol–water partition coefficient (Wildman–Crippen LogP) is 6.16. The Balaban J connectivity index is 1.57. The number of ether oxygens (including phenoxy) is 2. The van der Waals surface area contributed by atoms with Crippen LogP contribution in [0.25, 0.3) is 16.9 Å². The molecule has 1 N–H and O–H groups in total. The van der Waals surface area contributed by atoms with E-state index in [-0.39, 0.29) is 23.2 Å². The number of carbonyl (C=O) groups excluding carboxylic acids is 1. The van der Waals surface area contributed by atoms with Gasteiger partial charge in [0.2, 0.25) is 0 Å². The van der Waals surface area contributed by atoms with Gasteiger partial charge in [-0.2, -0.15) is 18.3 Å². The molecule has 186 valence electrons. The second-order valence-corrected chi connectivity index (χ2v) is 8.13. The number of methoxy groups -OCH3 is 2. The van der Waals surface area contributed by atoms with Crippen LogP contribution in [0.15, 0.2) is 72.8 Å². The van der Waals surface area contributed by atoms with Crippen molar-refractivity contribution in [2.24, 2.45) is 0 Å². The molecule has 3 aromatic carbocycles. The van der Waals surface area contributed by atoms with Gasteiger partial charge in [0.15, 0.2) is 17.2 Å². The van der Waals surface area contributed by atoms with Crippen LogP contribution in [0.3, 0.4) is 0 Å². The number of aromatic nitrogens is 2. The lowest BCUT2D eigenvalue weighted by Gasteiger charge is -2.11. The molecule has 0 unspecified atom stereocenters. The van der Waals surface area contributed by atoms with Gasteiger partial charge >= 0.3 is 6.18 Å². The third-order valence-corrected chi connectivity index (χ3v) is 5.74. The van der Waals surface area contributed by atoms with Gasteiger partial charge in [0.05, 0.1) is 30.6 Å². The molecule has 0 fully saturated rings. The number of hydrogen-bond donors (Lipinski definition) is 1. The van der Waals surface area contributed by atoms with Crippen LogP contribution in [0.4, 0.5) is 13.2 Å². The molecule has 0 atom stereocenters. The molecule has 6 nitrogen and oxygen atoms in total.